The summed E-state index contributed by atoms with van der Waals surface area (Å²) in [6.45, 7) is 14.5. The van der Waals surface area contributed by atoms with Gasteiger partial charge in [-0.1, -0.05) is 6.08 Å². The van der Waals surface area contributed by atoms with Gasteiger partial charge in [0.15, 0.2) is 0 Å². The summed E-state index contributed by atoms with van der Waals surface area (Å²) in [5.74, 6) is -0.205. The van der Waals surface area contributed by atoms with Gasteiger partial charge in [0, 0.05) is 23.8 Å². The van der Waals surface area contributed by atoms with Crippen LogP contribution in [0.25, 0.3) is 0 Å². The summed E-state index contributed by atoms with van der Waals surface area (Å²) in [6, 6.07) is 3.22. The Morgan fingerprint density at radius 2 is 2.00 bits per heavy atom. The van der Waals surface area contributed by atoms with Gasteiger partial charge >= 0.3 is 0 Å². The van der Waals surface area contributed by atoms with Crippen molar-refractivity contribution in [2.24, 2.45) is 5.73 Å². The van der Waals surface area contributed by atoms with E-state index in [1.54, 1.807) is 13.0 Å². The van der Waals surface area contributed by atoms with E-state index in [0.717, 1.165) is 11.3 Å². The topological polar surface area (TPSA) is 29.3 Å². The molecule has 1 atom stereocenters. The maximum Gasteiger partial charge on any atom is 0.126 e. The fourth-order valence-electron chi connectivity index (χ4n) is 2.14. The van der Waals surface area contributed by atoms with Crippen molar-refractivity contribution >= 4 is 5.69 Å². The van der Waals surface area contributed by atoms with Gasteiger partial charge in [0.2, 0.25) is 0 Å². The van der Waals surface area contributed by atoms with Crippen molar-refractivity contribution in [1.29, 1.82) is 0 Å². The van der Waals surface area contributed by atoms with E-state index in [-0.39, 0.29) is 17.4 Å². The number of aryl methyl sites for hydroxylation is 1. The summed E-state index contributed by atoms with van der Waals surface area (Å²) >= 11 is 0. The zero-order valence-corrected chi connectivity index (χ0v) is 12.6. The predicted molar refractivity (Wildman–Crippen MR) is 81.0 cm³/mol. The first-order valence-corrected chi connectivity index (χ1v) is 6.62. The highest BCUT2D eigenvalue weighted by atomic mass is 19.1. The molecule has 2 N–H and O–H groups in total. The molecular weight excluding hydrogens is 239 g/mol. The Bertz CT molecular complexity index is 459. The third-order valence-electron chi connectivity index (χ3n) is 3.21. The van der Waals surface area contributed by atoms with E-state index in [1.165, 1.54) is 0 Å². The third-order valence-corrected chi connectivity index (χ3v) is 3.21. The molecule has 1 unspecified atom stereocenters. The molecule has 3 heteroatoms. The number of hydrogen-bond acceptors (Lipinski definition) is 2. The molecule has 0 bridgehead atoms. The minimum absolute atomic E-state index is 0.0813. The van der Waals surface area contributed by atoms with Gasteiger partial charge in [-0.05, 0) is 57.9 Å². The van der Waals surface area contributed by atoms with Gasteiger partial charge in [0.05, 0.1) is 0 Å². The molecule has 2 nitrogen and oxygen atoms in total. The molecule has 1 aromatic carbocycles. The van der Waals surface area contributed by atoms with Crippen molar-refractivity contribution in [3.8, 4) is 0 Å². The van der Waals surface area contributed by atoms with Gasteiger partial charge in [0.25, 0.3) is 0 Å². The highest BCUT2D eigenvalue weighted by molar-refractivity contribution is 5.59. The molecule has 1 aromatic rings. The molecule has 19 heavy (non-hydrogen) atoms. The zero-order valence-electron chi connectivity index (χ0n) is 12.6. The van der Waals surface area contributed by atoms with E-state index in [1.807, 2.05) is 19.1 Å². The van der Waals surface area contributed by atoms with Crippen LogP contribution in [-0.2, 0) is 0 Å². The fraction of sp³-hybridized carbons (Fsp3) is 0.500. The van der Waals surface area contributed by atoms with Crippen molar-refractivity contribution in [2.75, 3.05) is 11.4 Å². The van der Waals surface area contributed by atoms with Crippen LogP contribution in [0.1, 0.15) is 44.9 Å². The molecule has 0 amide bonds. The SMILES string of the molecule is C=CCN(c1cc(C)c(F)cc1C(C)N)C(C)(C)C. The van der Waals surface area contributed by atoms with Crippen LogP contribution in [0, 0.1) is 12.7 Å². The lowest BCUT2D eigenvalue weighted by Gasteiger charge is -2.39. The average Bonchev–Trinajstić information content (AvgIpc) is 2.27. The molecule has 0 saturated heterocycles. The molecular formula is C16H25FN2. The maximum absolute atomic E-state index is 13.8. The summed E-state index contributed by atoms with van der Waals surface area (Å²) in [6.07, 6.45) is 1.86. The van der Waals surface area contributed by atoms with Crippen LogP contribution in [0.5, 0.6) is 0 Å². The van der Waals surface area contributed by atoms with Crippen LogP contribution >= 0.6 is 0 Å². The zero-order chi connectivity index (χ0) is 14.8. The second-order valence-corrected chi connectivity index (χ2v) is 6.02. The minimum Gasteiger partial charge on any atom is -0.363 e. The molecule has 0 saturated carbocycles. The summed E-state index contributed by atoms with van der Waals surface area (Å²) in [4.78, 5) is 2.20. The van der Waals surface area contributed by atoms with E-state index in [0.29, 0.717) is 12.1 Å². The van der Waals surface area contributed by atoms with Crippen molar-refractivity contribution in [3.05, 3.63) is 41.7 Å². The molecule has 0 spiro atoms. The highest BCUT2D eigenvalue weighted by Gasteiger charge is 2.24. The van der Waals surface area contributed by atoms with Gasteiger partial charge < -0.3 is 10.6 Å². The smallest absolute Gasteiger partial charge is 0.126 e. The van der Waals surface area contributed by atoms with Crippen molar-refractivity contribution in [2.45, 2.75) is 46.2 Å². The Morgan fingerprint density at radius 1 is 1.42 bits per heavy atom. The summed E-state index contributed by atoms with van der Waals surface area (Å²) in [7, 11) is 0. The van der Waals surface area contributed by atoms with E-state index in [9.17, 15) is 4.39 Å². The molecule has 0 aromatic heterocycles. The summed E-state index contributed by atoms with van der Waals surface area (Å²) in [5, 5.41) is 0. The second kappa shape index (κ2) is 5.74. The number of hydrogen-bond donors (Lipinski definition) is 1. The minimum atomic E-state index is -0.209. The quantitative estimate of drug-likeness (QED) is 0.834. The first-order valence-electron chi connectivity index (χ1n) is 6.62. The Labute approximate surface area is 116 Å². The van der Waals surface area contributed by atoms with Crippen molar-refractivity contribution in [3.63, 3.8) is 0 Å². The van der Waals surface area contributed by atoms with Crippen LogP contribution in [0.2, 0.25) is 0 Å². The first-order chi connectivity index (χ1) is 8.68. The van der Waals surface area contributed by atoms with Crippen molar-refractivity contribution < 1.29 is 4.39 Å². The van der Waals surface area contributed by atoms with E-state index in [4.69, 9.17) is 5.73 Å². The van der Waals surface area contributed by atoms with Gasteiger partial charge in [-0.15, -0.1) is 6.58 Å². The average molecular weight is 264 g/mol. The number of anilines is 1. The fourth-order valence-corrected chi connectivity index (χ4v) is 2.14. The van der Waals surface area contributed by atoms with Crippen LogP contribution in [0.15, 0.2) is 24.8 Å². The normalized spacial score (nSPS) is 13.2. The van der Waals surface area contributed by atoms with Gasteiger partial charge in [-0.25, -0.2) is 4.39 Å². The predicted octanol–water partition coefficient (Wildman–Crippen LogP) is 3.94. The maximum atomic E-state index is 13.8. The molecule has 0 aliphatic rings. The lowest BCUT2D eigenvalue weighted by atomic mass is 9.98. The Hall–Kier alpha value is -1.35. The molecule has 0 radical (unpaired) electrons. The van der Waals surface area contributed by atoms with Crippen LogP contribution < -0.4 is 10.6 Å². The lowest BCUT2D eigenvalue weighted by Crippen LogP contribution is -2.42. The second-order valence-electron chi connectivity index (χ2n) is 6.02. The van der Waals surface area contributed by atoms with E-state index >= 15 is 0 Å². The Balaban J connectivity index is 3.44. The van der Waals surface area contributed by atoms with Crippen LogP contribution in [-0.4, -0.2) is 12.1 Å². The number of benzene rings is 1. The van der Waals surface area contributed by atoms with Gasteiger partial charge in [-0.2, -0.15) is 0 Å². The first kappa shape index (κ1) is 15.7. The molecule has 0 aliphatic heterocycles. The number of nitrogens with zero attached hydrogens (tertiary/aromatic N) is 1. The van der Waals surface area contributed by atoms with Gasteiger partial charge in [-0.3, -0.25) is 0 Å². The molecule has 0 aliphatic carbocycles. The van der Waals surface area contributed by atoms with E-state index < -0.39 is 0 Å². The third kappa shape index (κ3) is 3.57. The Morgan fingerprint density at radius 3 is 2.42 bits per heavy atom. The summed E-state index contributed by atoms with van der Waals surface area (Å²) < 4.78 is 13.8. The van der Waals surface area contributed by atoms with Gasteiger partial charge in [0.1, 0.15) is 5.82 Å². The molecule has 0 heterocycles. The Kier molecular flexibility index (Phi) is 4.75. The largest absolute Gasteiger partial charge is 0.363 e. The molecule has 0 fully saturated rings. The highest BCUT2D eigenvalue weighted by Crippen LogP contribution is 2.32. The molecule has 106 valence electrons. The van der Waals surface area contributed by atoms with Crippen molar-refractivity contribution in [1.82, 2.24) is 0 Å². The molecule has 1 rings (SSSR count). The monoisotopic (exact) mass is 264 g/mol. The summed E-state index contributed by atoms with van der Waals surface area (Å²) in [5.41, 5.74) is 8.37. The standard InChI is InChI=1S/C16H25FN2/c1-7-8-19(16(4,5)6)15-9-11(2)14(17)10-13(15)12(3)18/h7,9-10,12H,1,8,18H2,2-6H3. The number of nitrogens with two attached hydrogens (primary N) is 1. The lowest BCUT2D eigenvalue weighted by molar-refractivity contribution is 0.518. The number of rotatable bonds is 4. The van der Waals surface area contributed by atoms with E-state index in [2.05, 4.69) is 32.3 Å². The number of halogens is 1. The van der Waals surface area contributed by atoms with Crippen LogP contribution in [0.4, 0.5) is 10.1 Å². The van der Waals surface area contributed by atoms with Crippen LogP contribution in [0.3, 0.4) is 0 Å².